The van der Waals surface area contributed by atoms with Gasteiger partial charge in [0.15, 0.2) is 14.1 Å². The number of esters is 1. The molecule has 0 bridgehead atoms. The molecule has 3 heterocycles. The molecule has 2 aliphatic rings. The average molecular weight is 732 g/mol. The van der Waals surface area contributed by atoms with Crippen LogP contribution in [-0.2, 0) is 18.7 Å². The van der Waals surface area contributed by atoms with Crippen LogP contribution in [0.3, 0.4) is 0 Å². The summed E-state index contributed by atoms with van der Waals surface area (Å²) in [7, 11) is -2.10. The third-order valence-corrected chi connectivity index (χ3v) is 14.9. The minimum absolute atomic E-state index is 0.0333. The van der Waals surface area contributed by atoms with Crippen molar-refractivity contribution in [3.8, 4) is 23.2 Å². The molecule has 3 aromatic rings. The molecule has 1 aliphatic heterocycles. The fourth-order valence-electron chi connectivity index (χ4n) is 6.57. The Morgan fingerprint density at radius 2 is 1.79 bits per heavy atom. The highest BCUT2D eigenvalue weighted by Gasteiger charge is 2.54. The number of amides is 1. The van der Waals surface area contributed by atoms with E-state index < -0.39 is 26.1 Å². The van der Waals surface area contributed by atoms with Gasteiger partial charge in [-0.15, -0.1) is 0 Å². The molecule has 0 spiro atoms. The lowest BCUT2D eigenvalue weighted by atomic mass is 10.1. The van der Waals surface area contributed by atoms with E-state index in [4.69, 9.17) is 23.4 Å². The van der Waals surface area contributed by atoms with Gasteiger partial charge in [-0.1, -0.05) is 37.8 Å². The van der Waals surface area contributed by atoms with E-state index in [2.05, 4.69) is 61.1 Å². The number of hydrogen-bond acceptors (Lipinski definition) is 9. The molecule has 1 unspecified atom stereocenters. The number of imidazole rings is 1. The van der Waals surface area contributed by atoms with Crippen molar-refractivity contribution < 1.29 is 28.0 Å². The Balaban J connectivity index is 1.25. The lowest BCUT2D eigenvalue weighted by Crippen LogP contribution is -2.42. The minimum Gasteiger partial charge on any atom is -0.466 e. The Bertz CT molecular complexity index is 1730. The normalized spacial score (nSPS) is 20.0. The van der Waals surface area contributed by atoms with Gasteiger partial charge in [0, 0.05) is 61.6 Å². The first kappa shape index (κ1) is 39.3. The standard InChI is InChI=1S/C40H57N5O6Si/c1-11-48-36(46)13-12-21-44-25-31-30(32(31)26-44)19-16-28-14-17-29(18-15-28)35-23-33(43-50-35)34(24-42-38(47)49-39(3,4)5)45-22-20-41-37(45)27(2)51-52(9,10)40(6,7)8/h14-15,17-18,20,22-23,27,30-32,34H,11-13,21,24-26H2,1-10H3,(H,42,47)/t27-,30?,31-,32+,34+/m0/s1. The Kier molecular flexibility index (Phi) is 12.1. The van der Waals surface area contributed by atoms with Gasteiger partial charge in [-0.05, 0) is 102 Å². The highest BCUT2D eigenvalue weighted by Crippen LogP contribution is 2.51. The van der Waals surface area contributed by atoms with Gasteiger partial charge in [-0.3, -0.25) is 4.79 Å². The first-order valence-corrected chi connectivity index (χ1v) is 21.5. The summed E-state index contributed by atoms with van der Waals surface area (Å²) in [5.74, 6) is 9.82. The molecule has 1 N–H and O–H groups in total. The van der Waals surface area contributed by atoms with E-state index in [9.17, 15) is 9.59 Å². The van der Waals surface area contributed by atoms with Crippen LogP contribution in [0.1, 0.15) is 97.5 Å². The van der Waals surface area contributed by atoms with Gasteiger partial charge in [0.2, 0.25) is 0 Å². The van der Waals surface area contributed by atoms with Crippen LogP contribution in [-0.4, -0.2) is 78.4 Å². The lowest BCUT2D eigenvalue weighted by molar-refractivity contribution is -0.143. The molecule has 1 amide bonds. The number of nitrogens with one attached hydrogen (secondary N) is 1. The topological polar surface area (TPSA) is 121 Å². The van der Waals surface area contributed by atoms with Crippen LogP contribution in [0.5, 0.6) is 0 Å². The first-order valence-electron chi connectivity index (χ1n) is 18.6. The fourth-order valence-corrected chi connectivity index (χ4v) is 7.91. The van der Waals surface area contributed by atoms with Crippen LogP contribution < -0.4 is 5.32 Å². The van der Waals surface area contributed by atoms with E-state index in [1.165, 1.54) is 0 Å². The van der Waals surface area contributed by atoms with Crippen molar-refractivity contribution in [2.45, 2.75) is 104 Å². The number of rotatable bonds is 13. The summed E-state index contributed by atoms with van der Waals surface area (Å²) in [6, 6.07) is 9.51. The van der Waals surface area contributed by atoms with Crippen LogP contribution in [0, 0.1) is 29.6 Å². The first-order chi connectivity index (χ1) is 24.5. The summed E-state index contributed by atoms with van der Waals surface area (Å²) in [6.45, 7) is 24.2. The number of fused-ring (bicyclic) bond motifs is 1. The molecule has 52 heavy (non-hydrogen) atoms. The number of likely N-dealkylation sites (tertiary alicyclic amines) is 1. The zero-order chi connectivity index (χ0) is 37.8. The maximum absolute atomic E-state index is 12.7. The number of carbonyl (C=O) groups excluding carboxylic acids is 2. The van der Waals surface area contributed by atoms with Gasteiger partial charge in [0.1, 0.15) is 23.2 Å². The van der Waals surface area contributed by atoms with Gasteiger partial charge in [-0.2, -0.15) is 0 Å². The van der Waals surface area contributed by atoms with Crippen molar-refractivity contribution in [3.05, 3.63) is 59.8 Å². The van der Waals surface area contributed by atoms with Gasteiger partial charge >= 0.3 is 12.1 Å². The number of ether oxygens (including phenoxy) is 2. The number of hydrogen-bond donors (Lipinski definition) is 1. The van der Waals surface area contributed by atoms with Gasteiger partial charge in [0.25, 0.3) is 0 Å². The third-order valence-electron chi connectivity index (χ3n) is 10.4. The van der Waals surface area contributed by atoms with E-state index in [1.54, 1.807) is 6.20 Å². The van der Waals surface area contributed by atoms with Crippen molar-refractivity contribution in [1.29, 1.82) is 0 Å². The van der Waals surface area contributed by atoms with Crippen LogP contribution >= 0.6 is 0 Å². The molecule has 5 rings (SSSR count). The van der Waals surface area contributed by atoms with Crippen molar-refractivity contribution in [2.75, 3.05) is 32.8 Å². The number of piperidine rings is 1. The van der Waals surface area contributed by atoms with E-state index in [0.29, 0.717) is 42.2 Å². The molecule has 0 radical (unpaired) electrons. The molecule has 5 atom stereocenters. The van der Waals surface area contributed by atoms with Crippen molar-refractivity contribution >= 4 is 20.4 Å². The summed E-state index contributed by atoms with van der Waals surface area (Å²) in [4.78, 5) is 31.5. The number of benzene rings is 1. The molecule has 1 saturated carbocycles. The van der Waals surface area contributed by atoms with E-state index in [-0.39, 0.29) is 23.7 Å². The van der Waals surface area contributed by atoms with E-state index in [0.717, 1.165) is 43.0 Å². The van der Waals surface area contributed by atoms with Gasteiger partial charge in [-0.25, -0.2) is 9.78 Å². The van der Waals surface area contributed by atoms with Crippen LogP contribution in [0.15, 0.2) is 47.2 Å². The summed E-state index contributed by atoms with van der Waals surface area (Å²) >= 11 is 0. The van der Waals surface area contributed by atoms with Crippen molar-refractivity contribution in [2.24, 2.45) is 17.8 Å². The second kappa shape index (κ2) is 16.0. The quantitative estimate of drug-likeness (QED) is 0.108. The zero-order valence-corrected chi connectivity index (χ0v) is 33.6. The maximum atomic E-state index is 12.7. The molecule has 1 saturated heterocycles. The Hall–Kier alpha value is -3.92. The molecule has 12 heteroatoms. The maximum Gasteiger partial charge on any atom is 0.407 e. The second-order valence-corrected chi connectivity index (χ2v) is 21.4. The number of carbonyl (C=O) groups is 2. The lowest BCUT2D eigenvalue weighted by Gasteiger charge is -2.38. The van der Waals surface area contributed by atoms with Gasteiger partial charge < -0.3 is 33.2 Å². The fraction of sp³-hybridized carbons (Fsp3) is 0.600. The highest BCUT2D eigenvalue weighted by atomic mass is 28.4. The average Bonchev–Trinajstić information content (AvgIpc) is 3.55. The highest BCUT2D eigenvalue weighted by molar-refractivity contribution is 6.74. The molecule has 2 aromatic heterocycles. The van der Waals surface area contributed by atoms with Crippen LogP contribution in [0.4, 0.5) is 4.79 Å². The van der Waals surface area contributed by atoms with Crippen LogP contribution in [0.25, 0.3) is 11.3 Å². The third kappa shape index (κ3) is 9.93. The SMILES string of the molecule is CCOC(=O)CCCN1C[C@@H]2C(C#Cc3ccc(-c4cc([C@@H](CNC(=O)OC(C)(C)C)n5ccnc5[C@H](C)O[Si](C)(C)C(C)(C)C)no4)cc3)[C@@H]2C1. The van der Waals surface area contributed by atoms with E-state index >= 15 is 0 Å². The molecular weight excluding hydrogens is 675 g/mol. The Morgan fingerprint density at radius 3 is 2.42 bits per heavy atom. The summed E-state index contributed by atoms with van der Waals surface area (Å²) < 4.78 is 25.2. The molecule has 1 aliphatic carbocycles. The predicted octanol–water partition coefficient (Wildman–Crippen LogP) is 7.61. The van der Waals surface area contributed by atoms with Gasteiger partial charge in [0.05, 0.1) is 12.6 Å². The van der Waals surface area contributed by atoms with E-state index in [1.807, 2.05) is 75.7 Å². The van der Waals surface area contributed by atoms with Crippen molar-refractivity contribution in [3.63, 3.8) is 0 Å². The van der Waals surface area contributed by atoms with Crippen LogP contribution in [0.2, 0.25) is 18.1 Å². The summed E-state index contributed by atoms with van der Waals surface area (Å²) in [5.41, 5.74) is 1.85. The zero-order valence-electron chi connectivity index (χ0n) is 32.6. The smallest absolute Gasteiger partial charge is 0.407 e. The second-order valence-electron chi connectivity index (χ2n) is 16.6. The number of alkyl carbamates (subject to hydrolysis) is 1. The Morgan fingerprint density at radius 1 is 1.10 bits per heavy atom. The molecular formula is C40H57N5O6Si. The summed E-state index contributed by atoms with van der Waals surface area (Å²) in [6.07, 6.45) is 4.18. The molecule has 2 fully saturated rings. The number of nitrogens with zero attached hydrogens (tertiary/aromatic N) is 4. The largest absolute Gasteiger partial charge is 0.466 e. The monoisotopic (exact) mass is 731 g/mol. The molecule has 282 valence electrons. The van der Waals surface area contributed by atoms with Crippen molar-refractivity contribution in [1.82, 2.24) is 24.9 Å². The minimum atomic E-state index is -2.10. The predicted molar refractivity (Wildman–Crippen MR) is 203 cm³/mol. The molecule has 11 nitrogen and oxygen atoms in total. The molecule has 1 aromatic carbocycles. The Labute approximate surface area is 310 Å². The summed E-state index contributed by atoms with van der Waals surface area (Å²) in [5, 5.41) is 7.44. The number of aromatic nitrogens is 3.